The Morgan fingerprint density at radius 3 is 2.77 bits per heavy atom. The maximum Gasteiger partial charge on any atom is 0.139 e. The van der Waals surface area contributed by atoms with E-state index in [2.05, 4.69) is 82.4 Å². The predicted molar refractivity (Wildman–Crippen MR) is 144 cm³/mol. The first-order valence-electron chi connectivity index (χ1n) is 13.0. The topological polar surface area (TPSA) is 52.3 Å². The van der Waals surface area contributed by atoms with E-state index in [0.29, 0.717) is 18.1 Å². The number of aliphatic imine (C=N–C) groups is 1. The number of likely N-dealkylation sites (N-methyl/N-ethyl adjacent to an activating group) is 1. The molecule has 2 aliphatic rings. The van der Waals surface area contributed by atoms with Gasteiger partial charge in [-0.25, -0.2) is 4.98 Å². The molecule has 1 fully saturated rings. The van der Waals surface area contributed by atoms with Crippen molar-refractivity contribution in [2.75, 3.05) is 39.1 Å². The van der Waals surface area contributed by atoms with Crippen LogP contribution in [0.5, 0.6) is 0 Å². The molecule has 2 atom stereocenters. The summed E-state index contributed by atoms with van der Waals surface area (Å²) in [4.78, 5) is 21.9. The van der Waals surface area contributed by atoms with Crippen LogP contribution in [0.25, 0.3) is 5.65 Å². The average molecular weight is 474 g/mol. The van der Waals surface area contributed by atoms with E-state index in [1.807, 2.05) is 19.5 Å². The van der Waals surface area contributed by atoms with Gasteiger partial charge in [0.05, 0.1) is 23.1 Å². The molecule has 0 saturated carbocycles. The number of nitrogens with zero attached hydrogens (tertiary/aromatic N) is 7. The van der Waals surface area contributed by atoms with Gasteiger partial charge in [-0.15, -0.1) is 0 Å². The summed E-state index contributed by atoms with van der Waals surface area (Å²) in [5, 5.41) is 0. The summed E-state index contributed by atoms with van der Waals surface area (Å²) >= 11 is 0. The molecule has 3 aromatic rings. The lowest BCUT2D eigenvalue weighted by molar-refractivity contribution is 0.124. The Bertz CT molecular complexity index is 1200. The van der Waals surface area contributed by atoms with Gasteiger partial charge in [0.1, 0.15) is 11.5 Å². The van der Waals surface area contributed by atoms with Crippen LogP contribution < -0.4 is 4.90 Å². The molecule has 7 nitrogen and oxygen atoms in total. The van der Waals surface area contributed by atoms with Gasteiger partial charge in [0, 0.05) is 51.2 Å². The zero-order valence-electron chi connectivity index (χ0n) is 21.9. The predicted octanol–water partition coefficient (Wildman–Crippen LogP) is 4.21. The Labute approximate surface area is 209 Å². The lowest BCUT2D eigenvalue weighted by atomic mass is 9.90. The Kier molecular flexibility index (Phi) is 6.89. The van der Waals surface area contributed by atoms with Gasteiger partial charge < -0.3 is 9.80 Å². The number of aromatic nitrogens is 3. The SMILES string of the molecule is CN=Cc1c(CN(C(C)C)[C@H]2CCCc3cccnc32)nc2cccc(N3CC[C@@H](N(C)C)C3)n12. The molecule has 1 aliphatic carbocycles. The molecule has 7 heteroatoms. The Morgan fingerprint density at radius 2 is 2.03 bits per heavy atom. The van der Waals surface area contributed by atoms with Gasteiger partial charge in [-0.3, -0.25) is 19.3 Å². The molecule has 5 rings (SSSR count). The summed E-state index contributed by atoms with van der Waals surface area (Å²) in [6.45, 7) is 7.45. The molecule has 4 heterocycles. The molecule has 1 aliphatic heterocycles. The van der Waals surface area contributed by atoms with E-state index in [4.69, 9.17) is 9.97 Å². The van der Waals surface area contributed by atoms with Crippen LogP contribution in [-0.4, -0.2) is 76.7 Å². The zero-order valence-corrected chi connectivity index (χ0v) is 21.9. The number of aryl methyl sites for hydroxylation is 1. The first-order chi connectivity index (χ1) is 17.0. The summed E-state index contributed by atoms with van der Waals surface area (Å²) in [6.07, 6.45) is 8.58. The third-order valence-electron chi connectivity index (χ3n) is 7.77. The van der Waals surface area contributed by atoms with Crippen molar-refractivity contribution in [3.8, 4) is 0 Å². The second kappa shape index (κ2) is 10.1. The highest BCUT2D eigenvalue weighted by Crippen LogP contribution is 2.35. The third kappa shape index (κ3) is 4.59. The quantitative estimate of drug-likeness (QED) is 0.481. The average Bonchev–Trinajstić information content (AvgIpc) is 3.48. The van der Waals surface area contributed by atoms with E-state index in [1.165, 1.54) is 29.9 Å². The highest BCUT2D eigenvalue weighted by atomic mass is 15.3. The molecule has 3 aromatic heterocycles. The van der Waals surface area contributed by atoms with Crippen molar-refractivity contribution in [3.63, 3.8) is 0 Å². The number of hydrogen-bond donors (Lipinski definition) is 0. The summed E-state index contributed by atoms with van der Waals surface area (Å²) < 4.78 is 2.31. The lowest BCUT2D eigenvalue weighted by Gasteiger charge is -2.37. The zero-order chi connectivity index (χ0) is 24.5. The van der Waals surface area contributed by atoms with Gasteiger partial charge in [-0.2, -0.15) is 0 Å². The fourth-order valence-electron chi connectivity index (χ4n) is 5.87. The molecule has 0 N–H and O–H groups in total. The van der Waals surface area contributed by atoms with Crippen molar-refractivity contribution in [3.05, 3.63) is 59.2 Å². The Balaban J connectivity index is 1.54. The molecule has 35 heavy (non-hydrogen) atoms. The van der Waals surface area contributed by atoms with Crippen molar-refractivity contribution in [1.82, 2.24) is 24.2 Å². The molecule has 186 valence electrons. The van der Waals surface area contributed by atoms with Crippen LogP contribution in [0.4, 0.5) is 5.82 Å². The van der Waals surface area contributed by atoms with Gasteiger partial charge >= 0.3 is 0 Å². The second-order valence-corrected chi connectivity index (χ2v) is 10.5. The monoisotopic (exact) mass is 473 g/mol. The normalized spacial score (nSPS) is 20.7. The number of rotatable bonds is 7. The fourth-order valence-corrected chi connectivity index (χ4v) is 5.87. The van der Waals surface area contributed by atoms with E-state index in [1.54, 1.807) is 0 Å². The smallest absolute Gasteiger partial charge is 0.139 e. The Morgan fingerprint density at radius 1 is 1.17 bits per heavy atom. The van der Waals surface area contributed by atoms with E-state index in [0.717, 1.165) is 49.5 Å². The third-order valence-corrected chi connectivity index (χ3v) is 7.77. The largest absolute Gasteiger partial charge is 0.356 e. The number of hydrogen-bond acceptors (Lipinski definition) is 6. The molecule has 0 aromatic carbocycles. The highest BCUT2D eigenvalue weighted by Gasteiger charge is 2.31. The summed E-state index contributed by atoms with van der Waals surface area (Å²) in [7, 11) is 6.21. The highest BCUT2D eigenvalue weighted by molar-refractivity contribution is 5.82. The summed E-state index contributed by atoms with van der Waals surface area (Å²) in [5.41, 5.74) is 5.81. The van der Waals surface area contributed by atoms with Crippen LogP contribution in [0.2, 0.25) is 0 Å². The van der Waals surface area contributed by atoms with Crippen molar-refractivity contribution in [2.45, 2.75) is 64.2 Å². The van der Waals surface area contributed by atoms with Crippen molar-refractivity contribution >= 4 is 17.7 Å². The van der Waals surface area contributed by atoms with Gasteiger partial charge in [-0.1, -0.05) is 12.1 Å². The molecular formula is C28H39N7. The number of pyridine rings is 2. The van der Waals surface area contributed by atoms with Crippen LogP contribution >= 0.6 is 0 Å². The van der Waals surface area contributed by atoms with E-state index < -0.39 is 0 Å². The fraction of sp³-hybridized carbons (Fsp3) is 0.536. The van der Waals surface area contributed by atoms with Crippen LogP contribution in [0.3, 0.4) is 0 Å². The summed E-state index contributed by atoms with van der Waals surface area (Å²) in [5.74, 6) is 1.21. The molecule has 0 spiro atoms. The standard InChI is InChI=1S/C28H39N7/c1-20(2)34(24-11-6-9-21-10-8-15-30-28(21)24)19-23-25(17-29-3)35-26(31-23)12-7-13-27(35)33-16-14-22(18-33)32(4)5/h7-8,10,12-13,15,17,20,22,24H,6,9,11,14,16,18-19H2,1-5H3/t22-,24+/m1/s1. The Hall–Kier alpha value is -2.77. The van der Waals surface area contributed by atoms with Crippen LogP contribution in [0, 0.1) is 0 Å². The van der Waals surface area contributed by atoms with Gasteiger partial charge in [0.15, 0.2) is 0 Å². The maximum absolute atomic E-state index is 5.16. The first kappa shape index (κ1) is 23.9. The van der Waals surface area contributed by atoms with E-state index in [-0.39, 0.29) is 0 Å². The molecule has 0 amide bonds. The van der Waals surface area contributed by atoms with Crippen LogP contribution in [-0.2, 0) is 13.0 Å². The minimum Gasteiger partial charge on any atom is -0.356 e. The second-order valence-electron chi connectivity index (χ2n) is 10.5. The van der Waals surface area contributed by atoms with Crippen molar-refractivity contribution in [2.24, 2.45) is 4.99 Å². The minimum atomic E-state index is 0.315. The van der Waals surface area contributed by atoms with E-state index in [9.17, 15) is 0 Å². The molecule has 0 bridgehead atoms. The number of imidazole rings is 1. The van der Waals surface area contributed by atoms with Gasteiger partial charge in [-0.05, 0) is 77.4 Å². The molecule has 0 radical (unpaired) electrons. The van der Waals surface area contributed by atoms with Crippen LogP contribution in [0.15, 0.2) is 41.5 Å². The summed E-state index contributed by atoms with van der Waals surface area (Å²) in [6, 6.07) is 12.1. The molecule has 0 unspecified atom stereocenters. The number of anilines is 1. The van der Waals surface area contributed by atoms with Crippen molar-refractivity contribution in [1.29, 1.82) is 0 Å². The molecule has 1 saturated heterocycles. The molecular weight excluding hydrogens is 434 g/mol. The van der Waals surface area contributed by atoms with Crippen molar-refractivity contribution < 1.29 is 0 Å². The maximum atomic E-state index is 5.16. The van der Waals surface area contributed by atoms with Gasteiger partial charge in [0.2, 0.25) is 0 Å². The first-order valence-corrected chi connectivity index (χ1v) is 13.0. The number of fused-ring (bicyclic) bond motifs is 2. The lowest BCUT2D eigenvalue weighted by Crippen LogP contribution is -2.37. The van der Waals surface area contributed by atoms with Gasteiger partial charge in [0.25, 0.3) is 0 Å². The van der Waals surface area contributed by atoms with E-state index >= 15 is 0 Å². The van der Waals surface area contributed by atoms with Crippen LogP contribution in [0.1, 0.15) is 61.8 Å². The minimum absolute atomic E-state index is 0.315.